The van der Waals surface area contributed by atoms with E-state index in [4.69, 9.17) is 16.3 Å². The maximum atomic E-state index is 11.2. The number of rotatable bonds is 3. The van der Waals surface area contributed by atoms with Crippen molar-refractivity contribution in [1.82, 2.24) is 9.78 Å². The second kappa shape index (κ2) is 4.46. The number of ether oxygens (including phenoxy) is 1. The third-order valence-corrected chi connectivity index (χ3v) is 1.80. The number of hydrogen-bond donors (Lipinski definition) is 0. The van der Waals surface area contributed by atoms with Gasteiger partial charge in [-0.15, -0.1) is 0 Å². The molecule has 0 radical (unpaired) electrons. The molecule has 0 aliphatic rings. The molecule has 5 heteroatoms. The Labute approximate surface area is 87.8 Å². The summed E-state index contributed by atoms with van der Waals surface area (Å²) in [6.07, 6.45) is -0.113. The molecule has 0 aliphatic heterocycles. The van der Waals surface area contributed by atoms with Crippen molar-refractivity contribution in [2.75, 3.05) is 0 Å². The molecule has 0 N–H and O–H groups in total. The van der Waals surface area contributed by atoms with Crippen molar-refractivity contribution in [3.8, 4) is 0 Å². The molecule has 0 aromatic carbocycles. The zero-order valence-electron chi connectivity index (χ0n) is 8.45. The summed E-state index contributed by atoms with van der Waals surface area (Å²) in [5.74, 6) is -0.329. The monoisotopic (exact) mass is 216 g/mol. The number of hydrogen-bond acceptors (Lipinski definition) is 3. The highest BCUT2D eigenvalue weighted by atomic mass is 35.5. The van der Waals surface area contributed by atoms with Gasteiger partial charge < -0.3 is 4.74 Å². The fourth-order valence-electron chi connectivity index (χ4n) is 1.05. The summed E-state index contributed by atoms with van der Waals surface area (Å²) in [5, 5.41) is 4.49. The van der Waals surface area contributed by atoms with Gasteiger partial charge in [0.1, 0.15) is 11.7 Å². The minimum atomic E-state index is -0.329. The molecule has 0 spiro atoms. The van der Waals surface area contributed by atoms with Crippen molar-refractivity contribution in [2.24, 2.45) is 0 Å². The fourth-order valence-corrected chi connectivity index (χ4v) is 1.30. The van der Waals surface area contributed by atoms with E-state index in [9.17, 15) is 4.79 Å². The normalized spacial score (nSPS) is 10.6. The van der Waals surface area contributed by atoms with Gasteiger partial charge in [-0.25, -0.2) is 4.68 Å². The third kappa shape index (κ3) is 3.03. The summed E-state index contributed by atoms with van der Waals surface area (Å²) in [4.78, 5) is 11.2. The first-order valence-corrected chi connectivity index (χ1v) is 4.76. The Bertz CT molecular complexity index is 334. The van der Waals surface area contributed by atoms with E-state index in [1.54, 1.807) is 19.9 Å². The van der Waals surface area contributed by atoms with Gasteiger partial charge >= 0.3 is 5.97 Å². The lowest BCUT2D eigenvalue weighted by Gasteiger charge is -2.07. The number of esters is 1. The fraction of sp³-hybridized carbons (Fsp3) is 0.556. The van der Waals surface area contributed by atoms with E-state index in [0.717, 1.165) is 5.69 Å². The van der Waals surface area contributed by atoms with Gasteiger partial charge in [-0.2, -0.15) is 5.10 Å². The van der Waals surface area contributed by atoms with Gasteiger partial charge in [-0.05, 0) is 26.8 Å². The minimum Gasteiger partial charge on any atom is -0.462 e. The Kier molecular flexibility index (Phi) is 3.52. The molecule has 0 unspecified atom stereocenters. The van der Waals surface area contributed by atoms with Crippen LogP contribution < -0.4 is 0 Å². The lowest BCUT2D eigenvalue weighted by molar-refractivity contribution is -0.148. The van der Waals surface area contributed by atoms with Crippen molar-refractivity contribution in [3.63, 3.8) is 0 Å². The molecule has 0 amide bonds. The van der Waals surface area contributed by atoms with Crippen molar-refractivity contribution in [2.45, 2.75) is 33.4 Å². The van der Waals surface area contributed by atoms with Crippen LogP contribution >= 0.6 is 11.6 Å². The van der Waals surface area contributed by atoms with E-state index in [1.807, 2.05) is 6.92 Å². The van der Waals surface area contributed by atoms with Crippen molar-refractivity contribution < 1.29 is 9.53 Å². The number of carbonyl (C=O) groups is 1. The Morgan fingerprint density at radius 1 is 1.71 bits per heavy atom. The first-order valence-electron chi connectivity index (χ1n) is 4.38. The zero-order valence-corrected chi connectivity index (χ0v) is 9.21. The van der Waals surface area contributed by atoms with E-state index < -0.39 is 0 Å². The molecular formula is C9H13ClN2O2. The minimum absolute atomic E-state index is 0.0604. The molecule has 0 bridgehead atoms. The number of carbonyl (C=O) groups excluding carboxylic acids is 1. The van der Waals surface area contributed by atoms with Gasteiger partial charge in [0.2, 0.25) is 0 Å². The molecule has 14 heavy (non-hydrogen) atoms. The highest BCUT2D eigenvalue weighted by Gasteiger charge is 2.10. The summed E-state index contributed by atoms with van der Waals surface area (Å²) < 4.78 is 6.38. The van der Waals surface area contributed by atoms with E-state index in [1.165, 1.54) is 4.68 Å². The highest BCUT2D eigenvalue weighted by molar-refractivity contribution is 6.29. The summed E-state index contributed by atoms with van der Waals surface area (Å²) in [7, 11) is 0. The number of aromatic nitrogens is 2. The third-order valence-electron chi connectivity index (χ3n) is 1.50. The second-order valence-electron chi connectivity index (χ2n) is 3.30. The van der Waals surface area contributed by atoms with Gasteiger partial charge in [-0.1, -0.05) is 11.6 Å². The van der Waals surface area contributed by atoms with Crippen LogP contribution in [0.15, 0.2) is 6.07 Å². The number of aryl methyl sites for hydroxylation is 1. The Balaban J connectivity index is 2.60. The van der Waals surface area contributed by atoms with Crippen LogP contribution in [0, 0.1) is 6.92 Å². The standard InChI is InChI=1S/C9H13ClN2O2/c1-6(2)14-9(13)5-12-8(10)4-7(3)11-12/h4,6H,5H2,1-3H3. The quantitative estimate of drug-likeness (QED) is 0.724. The van der Waals surface area contributed by atoms with Gasteiger partial charge in [0.05, 0.1) is 11.8 Å². The topological polar surface area (TPSA) is 44.1 Å². The van der Waals surface area contributed by atoms with E-state index in [0.29, 0.717) is 5.15 Å². The Morgan fingerprint density at radius 3 is 2.79 bits per heavy atom. The molecular weight excluding hydrogens is 204 g/mol. The van der Waals surface area contributed by atoms with Crippen LogP contribution in [0.3, 0.4) is 0 Å². The molecule has 78 valence electrons. The van der Waals surface area contributed by atoms with Crippen LogP contribution in [0.4, 0.5) is 0 Å². The Morgan fingerprint density at radius 2 is 2.36 bits per heavy atom. The molecule has 1 aromatic rings. The first kappa shape index (κ1) is 11.0. The zero-order chi connectivity index (χ0) is 10.7. The van der Waals surface area contributed by atoms with Crippen LogP contribution in [0.5, 0.6) is 0 Å². The smallest absolute Gasteiger partial charge is 0.328 e. The number of halogens is 1. The highest BCUT2D eigenvalue weighted by Crippen LogP contribution is 2.10. The molecule has 0 saturated carbocycles. The molecule has 0 fully saturated rings. The second-order valence-corrected chi connectivity index (χ2v) is 3.69. The largest absolute Gasteiger partial charge is 0.462 e. The van der Waals surface area contributed by atoms with Crippen molar-refractivity contribution in [3.05, 3.63) is 16.9 Å². The predicted molar refractivity (Wildman–Crippen MR) is 53.2 cm³/mol. The summed E-state index contributed by atoms with van der Waals surface area (Å²) >= 11 is 5.82. The van der Waals surface area contributed by atoms with Crippen LogP contribution in [-0.4, -0.2) is 21.9 Å². The maximum Gasteiger partial charge on any atom is 0.328 e. The molecule has 1 aromatic heterocycles. The molecule has 4 nitrogen and oxygen atoms in total. The van der Waals surface area contributed by atoms with Gasteiger partial charge in [0.15, 0.2) is 0 Å². The van der Waals surface area contributed by atoms with Crippen LogP contribution in [-0.2, 0) is 16.1 Å². The van der Waals surface area contributed by atoms with Crippen LogP contribution in [0.1, 0.15) is 19.5 Å². The molecule has 1 rings (SSSR count). The van der Waals surface area contributed by atoms with Crippen molar-refractivity contribution >= 4 is 17.6 Å². The average molecular weight is 217 g/mol. The van der Waals surface area contributed by atoms with Crippen LogP contribution in [0.25, 0.3) is 0 Å². The van der Waals surface area contributed by atoms with Gasteiger partial charge in [-0.3, -0.25) is 4.79 Å². The van der Waals surface area contributed by atoms with E-state index >= 15 is 0 Å². The molecule has 0 aliphatic carbocycles. The molecule has 0 atom stereocenters. The first-order chi connectivity index (χ1) is 6.49. The summed E-state index contributed by atoms with van der Waals surface area (Å²) in [6, 6.07) is 1.70. The van der Waals surface area contributed by atoms with Gasteiger partial charge in [0, 0.05) is 0 Å². The van der Waals surface area contributed by atoms with E-state index in [2.05, 4.69) is 5.10 Å². The SMILES string of the molecule is Cc1cc(Cl)n(CC(=O)OC(C)C)n1. The lowest BCUT2D eigenvalue weighted by Crippen LogP contribution is -2.18. The number of nitrogens with zero attached hydrogens (tertiary/aromatic N) is 2. The van der Waals surface area contributed by atoms with Crippen molar-refractivity contribution in [1.29, 1.82) is 0 Å². The molecule has 1 heterocycles. The maximum absolute atomic E-state index is 11.2. The summed E-state index contributed by atoms with van der Waals surface area (Å²) in [6.45, 7) is 5.47. The average Bonchev–Trinajstić information content (AvgIpc) is 2.28. The Hall–Kier alpha value is -1.03. The molecule has 0 saturated heterocycles. The lowest BCUT2D eigenvalue weighted by atomic mass is 10.5. The van der Waals surface area contributed by atoms with E-state index in [-0.39, 0.29) is 18.6 Å². The van der Waals surface area contributed by atoms with Crippen LogP contribution in [0.2, 0.25) is 5.15 Å². The summed E-state index contributed by atoms with van der Waals surface area (Å²) in [5.41, 5.74) is 0.785. The predicted octanol–water partition coefficient (Wildman–Crippen LogP) is 1.80. The van der Waals surface area contributed by atoms with Gasteiger partial charge in [0.25, 0.3) is 0 Å².